The molecule has 0 aliphatic carbocycles. The van der Waals surface area contributed by atoms with Gasteiger partial charge in [-0.05, 0) is 62.0 Å². The van der Waals surface area contributed by atoms with E-state index in [1.165, 1.54) is 60.9 Å². The molecule has 0 bridgehead atoms. The molecule has 2 heteroatoms. The Morgan fingerprint density at radius 1 is 0.676 bits per heavy atom. The molecule has 180 valence electrons. The van der Waals surface area contributed by atoms with Gasteiger partial charge in [0.1, 0.15) is 0 Å². The lowest BCUT2D eigenvalue weighted by Gasteiger charge is -2.47. The highest BCUT2D eigenvalue weighted by atomic mass is 15.2. The van der Waals surface area contributed by atoms with Gasteiger partial charge in [0.25, 0.3) is 0 Å². The van der Waals surface area contributed by atoms with E-state index >= 15 is 0 Å². The van der Waals surface area contributed by atoms with Crippen LogP contribution in [0.15, 0.2) is 103 Å². The average molecular weight is 477 g/mol. The number of hydrogen-bond acceptors (Lipinski definition) is 1. The Morgan fingerprint density at radius 3 is 2.16 bits per heavy atom. The van der Waals surface area contributed by atoms with Gasteiger partial charge >= 0.3 is 0 Å². The molecule has 1 nitrogen and oxygen atoms in total. The maximum Gasteiger partial charge on any atom is 0.247 e. The predicted molar refractivity (Wildman–Crippen MR) is 161 cm³/mol. The minimum absolute atomic E-state index is 0.0678. The van der Waals surface area contributed by atoms with Crippen molar-refractivity contribution in [3.63, 3.8) is 0 Å². The van der Waals surface area contributed by atoms with Crippen LogP contribution in [0.1, 0.15) is 51.3 Å². The molecule has 0 unspecified atom stereocenters. The highest BCUT2D eigenvalue weighted by Crippen LogP contribution is 2.53. The van der Waals surface area contributed by atoms with E-state index in [9.17, 15) is 0 Å². The van der Waals surface area contributed by atoms with Crippen molar-refractivity contribution in [1.82, 2.24) is 0 Å². The fraction of sp³-hybridized carbons (Fsp3) is 0.200. The Labute approximate surface area is 220 Å². The first-order valence-corrected chi connectivity index (χ1v) is 13.4. The van der Waals surface area contributed by atoms with Gasteiger partial charge in [-0.1, -0.05) is 125 Å². The van der Waals surface area contributed by atoms with Crippen LogP contribution in [0.25, 0.3) is 10.8 Å². The summed E-state index contributed by atoms with van der Waals surface area (Å²) < 4.78 is 0. The zero-order valence-corrected chi connectivity index (χ0v) is 22.3. The second-order valence-corrected chi connectivity index (χ2v) is 12.3. The first kappa shape index (κ1) is 22.4. The molecule has 5 aromatic rings. The molecule has 0 fully saturated rings. The third kappa shape index (κ3) is 3.11. The topological polar surface area (TPSA) is 3.24 Å². The summed E-state index contributed by atoms with van der Waals surface area (Å²) in [4.78, 5) is 2.59. The molecule has 0 atom stereocenters. The maximum absolute atomic E-state index is 2.59. The molecule has 0 spiro atoms. The molecule has 0 aromatic heterocycles. The van der Waals surface area contributed by atoms with Crippen LogP contribution >= 0.6 is 0 Å². The largest absolute Gasteiger partial charge is 0.311 e. The first-order valence-electron chi connectivity index (χ1n) is 13.4. The standard InChI is InChI=1S/C35H32BN/c1-34(2,3)24-19-20-29-31(22-24)37-30-18-12-11-17-27(30)35(4,5)28-21-23-13-9-10-16-26(23)32(33(28)37)36(29)25-14-7-6-8-15-25/h6-22H,1-5H3. The highest BCUT2D eigenvalue weighted by molar-refractivity contribution is 6.99. The van der Waals surface area contributed by atoms with Crippen LogP contribution in [0.3, 0.4) is 0 Å². The minimum Gasteiger partial charge on any atom is -0.311 e. The lowest BCUT2D eigenvalue weighted by molar-refractivity contribution is 0.590. The van der Waals surface area contributed by atoms with Gasteiger partial charge in [-0.25, -0.2) is 0 Å². The van der Waals surface area contributed by atoms with Gasteiger partial charge in [0.05, 0.1) is 5.69 Å². The van der Waals surface area contributed by atoms with E-state index in [0.717, 1.165) is 0 Å². The number of nitrogens with zero attached hydrogens (tertiary/aromatic N) is 1. The van der Waals surface area contributed by atoms with Gasteiger partial charge in [-0.15, -0.1) is 0 Å². The second kappa shape index (κ2) is 7.62. The van der Waals surface area contributed by atoms with E-state index in [4.69, 9.17) is 0 Å². The lowest BCUT2D eigenvalue weighted by atomic mass is 9.34. The molecule has 2 aliphatic rings. The number of hydrogen-bond donors (Lipinski definition) is 0. The van der Waals surface area contributed by atoms with Gasteiger partial charge in [0, 0.05) is 16.8 Å². The smallest absolute Gasteiger partial charge is 0.247 e. The Balaban J connectivity index is 1.68. The fourth-order valence-electron chi connectivity index (χ4n) is 6.68. The number of para-hydroxylation sites is 1. The van der Waals surface area contributed by atoms with Crippen LogP contribution in [0.2, 0.25) is 0 Å². The van der Waals surface area contributed by atoms with Gasteiger partial charge in [-0.3, -0.25) is 0 Å². The molecule has 37 heavy (non-hydrogen) atoms. The predicted octanol–water partition coefficient (Wildman–Crippen LogP) is 7.08. The molecule has 2 heterocycles. The summed E-state index contributed by atoms with van der Waals surface area (Å²) in [6, 6.07) is 38.8. The minimum atomic E-state index is -0.110. The zero-order valence-electron chi connectivity index (χ0n) is 22.3. The second-order valence-electron chi connectivity index (χ2n) is 12.3. The molecule has 0 amide bonds. The van der Waals surface area contributed by atoms with Crippen LogP contribution < -0.4 is 21.3 Å². The van der Waals surface area contributed by atoms with Gasteiger partial charge in [0.2, 0.25) is 6.71 Å². The van der Waals surface area contributed by atoms with Crippen LogP contribution in [0, 0.1) is 0 Å². The monoisotopic (exact) mass is 477 g/mol. The summed E-state index contributed by atoms with van der Waals surface area (Å²) in [5.41, 5.74) is 12.3. The first-order chi connectivity index (χ1) is 17.8. The van der Waals surface area contributed by atoms with Crippen LogP contribution in [0.4, 0.5) is 17.1 Å². The van der Waals surface area contributed by atoms with Crippen molar-refractivity contribution in [2.75, 3.05) is 4.90 Å². The number of anilines is 3. The summed E-state index contributed by atoms with van der Waals surface area (Å²) >= 11 is 0. The van der Waals surface area contributed by atoms with Crippen molar-refractivity contribution >= 4 is 50.9 Å². The van der Waals surface area contributed by atoms with E-state index < -0.39 is 0 Å². The molecule has 0 radical (unpaired) electrons. The Kier molecular flexibility index (Phi) is 4.62. The van der Waals surface area contributed by atoms with Crippen molar-refractivity contribution in [3.8, 4) is 0 Å². The number of rotatable bonds is 1. The SMILES string of the molecule is CC(C)(C)c1ccc2c(c1)N1c3ccccc3C(C)(C)c3cc4ccccc4c(c31)B2c1ccccc1. The van der Waals surface area contributed by atoms with E-state index in [-0.39, 0.29) is 17.5 Å². The molecular formula is C35H32BN. The third-order valence-corrected chi connectivity index (χ3v) is 8.65. The van der Waals surface area contributed by atoms with E-state index in [1.807, 2.05) is 0 Å². The van der Waals surface area contributed by atoms with E-state index in [1.54, 1.807) is 0 Å². The van der Waals surface area contributed by atoms with Crippen molar-refractivity contribution < 1.29 is 0 Å². The molecule has 0 saturated carbocycles. The molecule has 0 saturated heterocycles. The van der Waals surface area contributed by atoms with Crippen LogP contribution in [-0.2, 0) is 10.8 Å². The summed E-state index contributed by atoms with van der Waals surface area (Å²) in [5.74, 6) is 0. The van der Waals surface area contributed by atoms with Crippen molar-refractivity contribution in [3.05, 3.63) is 120 Å². The molecule has 2 aliphatic heterocycles. The zero-order chi connectivity index (χ0) is 25.5. The van der Waals surface area contributed by atoms with Crippen molar-refractivity contribution in [2.24, 2.45) is 0 Å². The lowest BCUT2D eigenvalue weighted by Crippen LogP contribution is -2.59. The van der Waals surface area contributed by atoms with Gasteiger partial charge in [0.15, 0.2) is 0 Å². The van der Waals surface area contributed by atoms with E-state index in [2.05, 4.69) is 143 Å². The Hall–Kier alpha value is -3.78. The Morgan fingerprint density at radius 2 is 1.38 bits per heavy atom. The van der Waals surface area contributed by atoms with E-state index in [0.29, 0.717) is 0 Å². The summed E-state index contributed by atoms with van der Waals surface area (Å²) in [6.45, 7) is 11.9. The molecular weight excluding hydrogens is 445 g/mol. The quantitative estimate of drug-likeness (QED) is 0.229. The summed E-state index contributed by atoms with van der Waals surface area (Å²) in [6.07, 6.45) is 0. The van der Waals surface area contributed by atoms with Gasteiger partial charge in [-0.2, -0.15) is 0 Å². The summed E-state index contributed by atoms with van der Waals surface area (Å²) in [5, 5.41) is 2.67. The normalized spacial score (nSPS) is 15.3. The van der Waals surface area contributed by atoms with Crippen molar-refractivity contribution in [1.29, 1.82) is 0 Å². The molecule has 0 N–H and O–H groups in total. The van der Waals surface area contributed by atoms with Crippen molar-refractivity contribution in [2.45, 2.75) is 45.4 Å². The van der Waals surface area contributed by atoms with Gasteiger partial charge < -0.3 is 4.90 Å². The third-order valence-electron chi connectivity index (χ3n) is 8.65. The highest BCUT2D eigenvalue weighted by Gasteiger charge is 2.45. The average Bonchev–Trinajstić information content (AvgIpc) is 2.90. The van der Waals surface area contributed by atoms with Crippen LogP contribution in [0.5, 0.6) is 0 Å². The molecule has 5 aromatic carbocycles. The van der Waals surface area contributed by atoms with Crippen LogP contribution in [-0.4, -0.2) is 6.71 Å². The maximum atomic E-state index is 2.59. The molecule has 7 rings (SSSR count). The summed E-state index contributed by atoms with van der Waals surface area (Å²) in [7, 11) is 0. The Bertz CT molecular complexity index is 1690. The fourth-order valence-corrected chi connectivity index (χ4v) is 6.68. The number of fused-ring (bicyclic) bond motifs is 6. The number of benzene rings is 5.